The summed E-state index contributed by atoms with van der Waals surface area (Å²) < 4.78 is 20.7. The molecule has 0 atom stereocenters. The first-order valence-corrected chi connectivity index (χ1v) is 7.22. The van der Waals surface area contributed by atoms with Crippen LogP contribution in [-0.4, -0.2) is 35.6 Å². The van der Waals surface area contributed by atoms with Crippen LogP contribution in [0.3, 0.4) is 0 Å². The van der Waals surface area contributed by atoms with Gasteiger partial charge in [0.15, 0.2) is 0 Å². The quantitative estimate of drug-likeness (QED) is 0.869. The van der Waals surface area contributed by atoms with Crippen LogP contribution in [0, 0.1) is 5.82 Å². The van der Waals surface area contributed by atoms with E-state index in [0.29, 0.717) is 13.1 Å². The Hall–Kier alpha value is -1.88. The summed E-state index contributed by atoms with van der Waals surface area (Å²) in [5.41, 5.74) is 3.34. The third kappa shape index (κ3) is 2.31. The number of aryl methyl sites for hydroxylation is 1. The van der Waals surface area contributed by atoms with Crippen molar-refractivity contribution in [3.63, 3.8) is 0 Å². The first-order valence-electron chi connectivity index (χ1n) is 7.22. The normalized spacial score (nSPS) is 14.5. The summed E-state index contributed by atoms with van der Waals surface area (Å²) in [6, 6.07) is 4.90. The van der Waals surface area contributed by atoms with Gasteiger partial charge in [0, 0.05) is 55.3 Å². The first kappa shape index (κ1) is 14.1. The summed E-state index contributed by atoms with van der Waals surface area (Å²) >= 11 is 0. The van der Waals surface area contributed by atoms with Crippen molar-refractivity contribution in [3.8, 4) is 0 Å². The van der Waals surface area contributed by atoms with Gasteiger partial charge in [-0.15, -0.1) is 0 Å². The minimum atomic E-state index is -0.237. The fraction of sp³-hybridized carbons (Fsp3) is 0.438. The summed E-state index contributed by atoms with van der Waals surface area (Å²) in [7, 11) is 1.52. The number of carbonyl (C=O) groups excluding carboxylic acids is 1. The number of rotatable bonds is 3. The standard InChI is InChI=1S/C16H19FN2O2/c1-3-19-14-5-4-11(17)8-12(14)13-9-18(7-6-15(13)19)16(20)10-21-2/h4-5,8H,3,6-7,9-10H2,1-2H3. The van der Waals surface area contributed by atoms with Crippen LogP contribution >= 0.6 is 0 Å². The molecule has 21 heavy (non-hydrogen) atoms. The van der Waals surface area contributed by atoms with Gasteiger partial charge in [0.05, 0.1) is 0 Å². The minimum Gasteiger partial charge on any atom is -0.375 e. The average molecular weight is 290 g/mol. The van der Waals surface area contributed by atoms with Crippen molar-refractivity contribution < 1.29 is 13.9 Å². The van der Waals surface area contributed by atoms with Crippen LogP contribution in [0.4, 0.5) is 4.39 Å². The molecule has 1 aliphatic rings. The molecule has 0 N–H and O–H groups in total. The van der Waals surface area contributed by atoms with Gasteiger partial charge in [0.2, 0.25) is 5.91 Å². The lowest BCUT2D eigenvalue weighted by Crippen LogP contribution is -2.38. The van der Waals surface area contributed by atoms with Gasteiger partial charge in [-0.1, -0.05) is 0 Å². The Labute approximate surface area is 123 Å². The number of methoxy groups -OCH3 is 1. The van der Waals surface area contributed by atoms with Crippen LogP contribution < -0.4 is 0 Å². The Kier molecular flexibility index (Phi) is 3.68. The Balaban J connectivity index is 2.06. The number of hydrogen-bond acceptors (Lipinski definition) is 2. The molecule has 1 aliphatic heterocycles. The van der Waals surface area contributed by atoms with E-state index < -0.39 is 0 Å². The van der Waals surface area contributed by atoms with Crippen molar-refractivity contribution in [2.75, 3.05) is 20.3 Å². The molecule has 0 unspecified atom stereocenters. The summed E-state index contributed by atoms with van der Waals surface area (Å²) in [4.78, 5) is 13.8. The number of aromatic nitrogens is 1. The van der Waals surface area contributed by atoms with E-state index in [2.05, 4.69) is 11.5 Å². The second-order valence-electron chi connectivity index (χ2n) is 5.33. The highest BCUT2D eigenvalue weighted by Crippen LogP contribution is 2.31. The van der Waals surface area contributed by atoms with Gasteiger partial charge in [0.1, 0.15) is 12.4 Å². The van der Waals surface area contributed by atoms with Crippen LogP contribution in [0.1, 0.15) is 18.2 Å². The van der Waals surface area contributed by atoms with Gasteiger partial charge in [-0.25, -0.2) is 4.39 Å². The molecule has 0 aliphatic carbocycles. The maximum absolute atomic E-state index is 13.6. The van der Waals surface area contributed by atoms with Crippen LogP contribution in [-0.2, 0) is 29.0 Å². The second kappa shape index (κ2) is 5.48. The Morgan fingerprint density at radius 1 is 1.43 bits per heavy atom. The molecule has 3 rings (SSSR count). The second-order valence-corrected chi connectivity index (χ2v) is 5.33. The lowest BCUT2D eigenvalue weighted by molar-refractivity contribution is -0.136. The van der Waals surface area contributed by atoms with E-state index in [1.807, 2.05) is 6.07 Å². The molecule has 0 bridgehead atoms. The molecule has 0 saturated heterocycles. The Morgan fingerprint density at radius 3 is 2.95 bits per heavy atom. The molecule has 0 fully saturated rings. The van der Waals surface area contributed by atoms with Gasteiger partial charge in [0.25, 0.3) is 0 Å². The number of amides is 1. The molecule has 2 heterocycles. The molecule has 4 nitrogen and oxygen atoms in total. The predicted octanol–water partition coefficient (Wildman–Crippen LogP) is 2.33. The van der Waals surface area contributed by atoms with E-state index in [1.165, 1.54) is 18.9 Å². The number of carbonyl (C=O) groups is 1. The number of benzene rings is 1. The third-order valence-corrected chi connectivity index (χ3v) is 4.15. The number of fused-ring (bicyclic) bond motifs is 3. The zero-order valence-corrected chi connectivity index (χ0v) is 12.4. The van der Waals surface area contributed by atoms with Crippen LogP contribution in [0.15, 0.2) is 18.2 Å². The van der Waals surface area contributed by atoms with Crippen molar-refractivity contribution in [1.82, 2.24) is 9.47 Å². The highest BCUT2D eigenvalue weighted by Gasteiger charge is 2.26. The highest BCUT2D eigenvalue weighted by molar-refractivity contribution is 5.87. The summed E-state index contributed by atoms with van der Waals surface area (Å²) in [5, 5.41) is 0.918. The number of nitrogens with zero attached hydrogens (tertiary/aromatic N) is 2. The first-order chi connectivity index (χ1) is 10.2. The minimum absolute atomic E-state index is 0.0167. The van der Waals surface area contributed by atoms with Crippen molar-refractivity contribution in [3.05, 3.63) is 35.3 Å². The van der Waals surface area contributed by atoms with Crippen molar-refractivity contribution in [2.24, 2.45) is 0 Å². The molecule has 2 aromatic rings. The molecule has 1 amide bonds. The summed E-state index contributed by atoms with van der Waals surface area (Å²) in [5.74, 6) is -0.254. The molecular weight excluding hydrogens is 271 g/mol. The van der Waals surface area contributed by atoms with E-state index in [-0.39, 0.29) is 18.3 Å². The fourth-order valence-corrected chi connectivity index (χ4v) is 3.21. The molecule has 112 valence electrons. The molecule has 5 heteroatoms. The summed E-state index contributed by atoms with van der Waals surface area (Å²) in [6.07, 6.45) is 0.801. The van der Waals surface area contributed by atoms with Gasteiger partial charge < -0.3 is 14.2 Å². The Bertz CT molecular complexity index is 693. The van der Waals surface area contributed by atoms with E-state index in [1.54, 1.807) is 11.0 Å². The molecule has 0 saturated carbocycles. The van der Waals surface area contributed by atoms with Crippen LogP contribution in [0.25, 0.3) is 10.9 Å². The third-order valence-electron chi connectivity index (χ3n) is 4.15. The van der Waals surface area contributed by atoms with Crippen LogP contribution in [0.5, 0.6) is 0 Å². The van der Waals surface area contributed by atoms with E-state index >= 15 is 0 Å². The largest absolute Gasteiger partial charge is 0.375 e. The average Bonchev–Trinajstić information content (AvgIpc) is 2.79. The van der Waals surface area contributed by atoms with Gasteiger partial charge in [-0.3, -0.25) is 4.79 Å². The molecule has 1 aromatic heterocycles. The SMILES string of the molecule is CCn1c2c(c3cc(F)ccc31)CN(C(=O)COC)CC2. The van der Waals surface area contributed by atoms with E-state index in [9.17, 15) is 9.18 Å². The smallest absolute Gasteiger partial charge is 0.248 e. The highest BCUT2D eigenvalue weighted by atomic mass is 19.1. The molecule has 0 radical (unpaired) electrons. The summed E-state index contributed by atoms with van der Waals surface area (Å²) in [6.45, 7) is 4.25. The predicted molar refractivity (Wildman–Crippen MR) is 78.6 cm³/mol. The van der Waals surface area contributed by atoms with Crippen molar-refractivity contribution in [1.29, 1.82) is 0 Å². The van der Waals surface area contributed by atoms with Crippen molar-refractivity contribution >= 4 is 16.8 Å². The van der Waals surface area contributed by atoms with E-state index in [0.717, 1.165) is 29.4 Å². The topological polar surface area (TPSA) is 34.5 Å². The fourth-order valence-electron chi connectivity index (χ4n) is 3.21. The molecular formula is C16H19FN2O2. The van der Waals surface area contributed by atoms with Crippen LogP contribution in [0.2, 0.25) is 0 Å². The number of halogens is 1. The zero-order chi connectivity index (χ0) is 15.0. The van der Waals surface area contributed by atoms with Gasteiger partial charge in [-0.05, 0) is 25.1 Å². The van der Waals surface area contributed by atoms with E-state index in [4.69, 9.17) is 4.74 Å². The zero-order valence-electron chi connectivity index (χ0n) is 12.4. The Morgan fingerprint density at radius 2 is 2.24 bits per heavy atom. The maximum atomic E-state index is 13.6. The number of hydrogen-bond donors (Lipinski definition) is 0. The monoisotopic (exact) mass is 290 g/mol. The maximum Gasteiger partial charge on any atom is 0.248 e. The molecule has 0 spiro atoms. The molecule has 1 aromatic carbocycles. The van der Waals surface area contributed by atoms with Gasteiger partial charge >= 0.3 is 0 Å². The number of ether oxygens (including phenoxy) is 1. The lowest BCUT2D eigenvalue weighted by atomic mass is 10.0. The lowest BCUT2D eigenvalue weighted by Gasteiger charge is -2.28. The van der Waals surface area contributed by atoms with Gasteiger partial charge in [-0.2, -0.15) is 0 Å². The van der Waals surface area contributed by atoms with Crippen molar-refractivity contribution in [2.45, 2.75) is 26.4 Å².